The Morgan fingerprint density at radius 3 is 2.71 bits per heavy atom. The normalized spacial score (nSPS) is 25.1. The highest BCUT2D eigenvalue weighted by atomic mass is 32.1. The van der Waals surface area contributed by atoms with Gasteiger partial charge in [0.05, 0.1) is 0 Å². The van der Waals surface area contributed by atoms with Crippen LogP contribution < -0.4 is 5.32 Å². The lowest BCUT2D eigenvalue weighted by Gasteiger charge is -2.34. The number of thiophene rings is 1. The minimum absolute atomic E-state index is 0.491. The number of nitrogens with one attached hydrogen (secondary N) is 1. The van der Waals surface area contributed by atoms with Gasteiger partial charge >= 0.3 is 0 Å². The monoisotopic (exact) mass is 251 g/mol. The van der Waals surface area contributed by atoms with Crippen LogP contribution in [0.15, 0.2) is 12.1 Å². The highest BCUT2D eigenvalue weighted by Crippen LogP contribution is 2.49. The predicted octanol–water partition coefficient (Wildman–Crippen LogP) is 4.53. The molecule has 1 saturated carbocycles. The molecule has 17 heavy (non-hydrogen) atoms. The maximum atomic E-state index is 3.72. The molecule has 1 aromatic heterocycles. The van der Waals surface area contributed by atoms with E-state index in [1.54, 1.807) is 0 Å². The third kappa shape index (κ3) is 2.74. The molecule has 2 unspecified atom stereocenters. The fraction of sp³-hybridized carbons (Fsp3) is 0.733. The molecule has 2 heteroatoms. The zero-order valence-electron chi connectivity index (χ0n) is 11.5. The van der Waals surface area contributed by atoms with E-state index in [9.17, 15) is 0 Å². The second-order valence-electron chi connectivity index (χ2n) is 5.97. The Kier molecular flexibility index (Phi) is 3.94. The second kappa shape index (κ2) is 5.11. The van der Waals surface area contributed by atoms with E-state index in [1.165, 1.54) is 29.0 Å². The van der Waals surface area contributed by atoms with Gasteiger partial charge in [-0.05, 0) is 49.8 Å². The van der Waals surface area contributed by atoms with Crippen molar-refractivity contribution in [2.24, 2.45) is 11.3 Å². The molecule has 2 atom stereocenters. The van der Waals surface area contributed by atoms with Gasteiger partial charge in [-0.3, -0.25) is 0 Å². The summed E-state index contributed by atoms with van der Waals surface area (Å²) >= 11 is 1.96. The van der Waals surface area contributed by atoms with Crippen LogP contribution in [0.4, 0.5) is 0 Å². The van der Waals surface area contributed by atoms with E-state index in [4.69, 9.17) is 0 Å². The Hall–Kier alpha value is -0.340. The quantitative estimate of drug-likeness (QED) is 0.829. The van der Waals surface area contributed by atoms with E-state index in [1.807, 2.05) is 11.3 Å². The lowest BCUT2D eigenvalue weighted by atomic mass is 9.77. The van der Waals surface area contributed by atoms with Crippen LogP contribution in [0.3, 0.4) is 0 Å². The van der Waals surface area contributed by atoms with Crippen molar-refractivity contribution >= 4 is 11.3 Å². The number of rotatable bonds is 4. The molecule has 1 heterocycles. The molecule has 1 aliphatic rings. The fourth-order valence-corrected chi connectivity index (χ4v) is 4.27. The van der Waals surface area contributed by atoms with Crippen molar-refractivity contribution in [3.8, 4) is 0 Å². The van der Waals surface area contributed by atoms with E-state index in [-0.39, 0.29) is 0 Å². The van der Waals surface area contributed by atoms with Gasteiger partial charge in [-0.2, -0.15) is 0 Å². The van der Waals surface area contributed by atoms with Crippen molar-refractivity contribution in [2.75, 3.05) is 6.54 Å². The zero-order chi connectivity index (χ0) is 12.5. The van der Waals surface area contributed by atoms with Crippen LogP contribution in [0, 0.1) is 18.3 Å². The average molecular weight is 251 g/mol. The van der Waals surface area contributed by atoms with Gasteiger partial charge in [0.2, 0.25) is 0 Å². The van der Waals surface area contributed by atoms with Gasteiger partial charge in [-0.15, -0.1) is 11.3 Å². The molecule has 2 rings (SSSR count). The van der Waals surface area contributed by atoms with Gasteiger partial charge < -0.3 is 5.32 Å². The molecule has 0 radical (unpaired) electrons. The Bertz CT molecular complexity index is 367. The number of aryl methyl sites for hydroxylation is 1. The second-order valence-corrected chi connectivity index (χ2v) is 7.29. The van der Waals surface area contributed by atoms with Crippen LogP contribution in [-0.2, 0) is 0 Å². The van der Waals surface area contributed by atoms with Crippen LogP contribution in [0.1, 0.15) is 55.8 Å². The predicted molar refractivity (Wildman–Crippen MR) is 76.6 cm³/mol. The van der Waals surface area contributed by atoms with Crippen LogP contribution in [0.25, 0.3) is 0 Å². The first-order valence-corrected chi connectivity index (χ1v) is 7.66. The van der Waals surface area contributed by atoms with Crippen LogP contribution in [0.2, 0.25) is 0 Å². The zero-order valence-corrected chi connectivity index (χ0v) is 12.4. The smallest absolute Gasteiger partial charge is 0.0448 e. The van der Waals surface area contributed by atoms with Crippen molar-refractivity contribution < 1.29 is 0 Å². The molecule has 0 aromatic carbocycles. The SMILES string of the molecule is CCNC(c1ccc(C)s1)C1CCCC1(C)C. The molecule has 96 valence electrons. The number of hydrogen-bond acceptors (Lipinski definition) is 2. The van der Waals surface area contributed by atoms with E-state index in [0.717, 1.165) is 12.5 Å². The molecule has 1 nitrogen and oxygen atoms in total. The molecule has 0 amide bonds. The summed E-state index contributed by atoms with van der Waals surface area (Å²) in [5.41, 5.74) is 0.491. The molecule has 1 aliphatic carbocycles. The molecule has 1 aromatic rings. The standard InChI is InChI=1S/C15H25NS/c1-5-16-14(13-9-8-11(2)17-13)12-7-6-10-15(12,3)4/h8-9,12,14,16H,5-7,10H2,1-4H3. The van der Waals surface area contributed by atoms with E-state index >= 15 is 0 Å². The molecule has 0 bridgehead atoms. The van der Waals surface area contributed by atoms with Crippen molar-refractivity contribution in [1.82, 2.24) is 5.32 Å². The number of hydrogen-bond donors (Lipinski definition) is 1. The third-order valence-electron chi connectivity index (χ3n) is 4.23. The first-order chi connectivity index (χ1) is 8.04. The third-order valence-corrected chi connectivity index (χ3v) is 5.32. The summed E-state index contributed by atoms with van der Waals surface area (Å²) in [6, 6.07) is 5.14. The maximum Gasteiger partial charge on any atom is 0.0448 e. The van der Waals surface area contributed by atoms with Crippen molar-refractivity contribution in [1.29, 1.82) is 0 Å². The van der Waals surface area contributed by atoms with Gasteiger partial charge in [0.15, 0.2) is 0 Å². The summed E-state index contributed by atoms with van der Waals surface area (Å²) in [6.07, 6.45) is 4.15. The summed E-state index contributed by atoms with van der Waals surface area (Å²) in [5.74, 6) is 0.792. The molecular weight excluding hydrogens is 226 g/mol. The lowest BCUT2D eigenvalue weighted by molar-refractivity contribution is 0.201. The van der Waals surface area contributed by atoms with Crippen LogP contribution in [-0.4, -0.2) is 6.54 Å². The van der Waals surface area contributed by atoms with Gasteiger partial charge in [0.25, 0.3) is 0 Å². The Morgan fingerprint density at radius 2 is 2.24 bits per heavy atom. The molecule has 0 spiro atoms. The highest BCUT2D eigenvalue weighted by Gasteiger charge is 2.40. The first-order valence-electron chi connectivity index (χ1n) is 6.84. The topological polar surface area (TPSA) is 12.0 Å². The minimum atomic E-state index is 0.491. The van der Waals surface area contributed by atoms with Crippen LogP contribution in [0.5, 0.6) is 0 Å². The summed E-state index contributed by atoms with van der Waals surface area (Å²) in [4.78, 5) is 2.96. The molecular formula is C15H25NS. The maximum absolute atomic E-state index is 3.72. The Labute approximate surface area is 110 Å². The average Bonchev–Trinajstić information content (AvgIpc) is 2.81. The molecule has 1 N–H and O–H groups in total. The van der Waals surface area contributed by atoms with Crippen molar-refractivity contribution in [3.63, 3.8) is 0 Å². The van der Waals surface area contributed by atoms with Crippen LogP contribution >= 0.6 is 11.3 Å². The fourth-order valence-electron chi connectivity index (χ4n) is 3.25. The van der Waals surface area contributed by atoms with E-state index < -0.39 is 0 Å². The Balaban J connectivity index is 2.23. The van der Waals surface area contributed by atoms with Crippen molar-refractivity contribution in [2.45, 2.75) is 53.0 Å². The minimum Gasteiger partial charge on any atom is -0.309 e. The summed E-state index contributed by atoms with van der Waals surface area (Å²) in [7, 11) is 0. The molecule has 0 saturated heterocycles. The van der Waals surface area contributed by atoms with Crippen molar-refractivity contribution in [3.05, 3.63) is 21.9 Å². The highest BCUT2D eigenvalue weighted by molar-refractivity contribution is 7.12. The molecule has 0 aliphatic heterocycles. The molecule has 1 fully saturated rings. The Morgan fingerprint density at radius 1 is 1.47 bits per heavy atom. The van der Waals surface area contributed by atoms with E-state index in [0.29, 0.717) is 11.5 Å². The van der Waals surface area contributed by atoms with Gasteiger partial charge in [0, 0.05) is 15.8 Å². The van der Waals surface area contributed by atoms with Gasteiger partial charge in [-0.1, -0.05) is 27.2 Å². The first kappa shape index (κ1) is 13.1. The van der Waals surface area contributed by atoms with E-state index in [2.05, 4.69) is 45.1 Å². The van der Waals surface area contributed by atoms with Gasteiger partial charge in [0.1, 0.15) is 0 Å². The summed E-state index contributed by atoms with van der Waals surface area (Å²) < 4.78 is 0. The van der Waals surface area contributed by atoms with Gasteiger partial charge in [-0.25, -0.2) is 0 Å². The summed E-state index contributed by atoms with van der Waals surface area (Å²) in [6.45, 7) is 10.4. The summed E-state index contributed by atoms with van der Waals surface area (Å²) in [5, 5.41) is 3.72. The lowest BCUT2D eigenvalue weighted by Crippen LogP contribution is -2.33. The largest absolute Gasteiger partial charge is 0.309 e.